The van der Waals surface area contributed by atoms with E-state index in [0.29, 0.717) is 32.7 Å². The van der Waals surface area contributed by atoms with Crippen LogP contribution in [0.1, 0.15) is 31.9 Å². The Morgan fingerprint density at radius 1 is 1.03 bits per heavy atom. The van der Waals surface area contributed by atoms with Gasteiger partial charge in [0.1, 0.15) is 6.04 Å². The van der Waals surface area contributed by atoms with Crippen molar-refractivity contribution in [2.45, 2.75) is 43.7 Å². The van der Waals surface area contributed by atoms with Crippen LogP contribution in [0.3, 0.4) is 0 Å². The third kappa shape index (κ3) is 5.95. The maximum Gasteiger partial charge on any atom is 0.243 e. The van der Waals surface area contributed by atoms with Gasteiger partial charge < -0.3 is 19.5 Å². The molecule has 0 radical (unpaired) electrons. The molecule has 0 bridgehead atoms. The lowest BCUT2D eigenvalue weighted by atomic mass is 9.87. The quantitative estimate of drug-likeness (QED) is 0.592. The van der Waals surface area contributed by atoms with Gasteiger partial charge in [-0.1, -0.05) is 39.0 Å². The van der Waals surface area contributed by atoms with Gasteiger partial charge in [0.15, 0.2) is 11.5 Å². The molecule has 2 N–H and O–H groups in total. The predicted molar refractivity (Wildman–Crippen MR) is 131 cm³/mol. The first kappa shape index (κ1) is 25.4. The largest absolute Gasteiger partial charge is 0.454 e. The molecule has 1 amide bonds. The zero-order valence-corrected chi connectivity index (χ0v) is 21.2. The van der Waals surface area contributed by atoms with Crippen molar-refractivity contribution in [1.82, 2.24) is 14.5 Å². The van der Waals surface area contributed by atoms with E-state index in [9.17, 15) is 18.3 Å². The smallest absolute Gasteiger partial charge is 0.243 e. The first-order valence-electron chi connectivity index (χ1n) is 11.7. The van der Waals surface area contributed by atoms with E-state index in [1.165, 1.54) is 12.1 Å². The van der Waals surface area contributed by atoms with Crippen molar-refractivity contribution in [2.75, 3.05) is 39.6 Å². The highest BCUT2D eigenvalue weighted by atomic mass is 32.2. The van der Waals surface area contributed by atoms with E-state index in [0.717, 1.165) is 22.6 Å². The molecule has 2 aliphatic rings. The van der Waals surface area contributed by atoms with Gasteiger partial charge in [-0.3, -0.25) is 9.69 Å². The van der Waals surface area contributed by atoms with Gasteiger partial charge in [0.05, 0.1) is 11.5 Å². The first-order valence-corrected chi connectivity index (χ1v) is 13.2. The van der Waals surface area contributed by atoms with Crippen molar-refractivity contribution < 1.29 is 27.8 Å². The Bertz CT molecular complexity index is 1150. The molecule has 1 fully saturated rings. The second kappa shape index (κ2) is 10.1. The van der Waals surface area contributed by atoms with Crippen molar-refractivity contribution >= 4 is 15.9 Å². The fourth-order valence-electron chi connectivity index (χ4n) is 4.20. The third-order valence-corrected chi connectivity index (χ3v) is 7.82. The Labute approximate surface area is 206 Å². The van der Waals surface area contributed by atoms with Crippen LogP contribution in [0.15, 0.2) is 47.4 Å². The number of sulfonamides is 1. The van der Waals surface area contributed by atoms with Gasteiger partial charge in [-0.25, -0.2) is 8.42 Å². The van der Waals surface area contributed by atoms with Crippen LogP contribution in [0, 0.1) is 0 Å². The van der Waals surface area contributed by atoms with E-state index in [2.05, 4.69) is 9.62 Å². The molecule has 0 spiro atoms. The Morgan fingerprint density at radius 2 is 1.69 bits per heavy atom. The molecule has 0 aliphatic carbocycles. The van der Waals surface area contributed by atoms with E-state index in [4.69, 9.17) is 9.47 Å². The summed E-state index contributed by atoms with van der Waals surface area (Å²) in [5.74, 6) is 1.05. The number of rotatable bonds is 7. The van der Waals surface area contributed by atoms with Gasteiger partial charge in [0.25, 0.3) is 0 Å². The zero-order chi connectivity index (χ0) is 25.2. The Kier molecular flexibility index (Phi) is 7.37. The van der Waals surface area contributed by atoms with Crippen LogP contribution in [0.2, 0.25) is 0 Å². The summed E-state index contributed by atoms with van der Waals surface area (Å²) in [4.78, 5) is 16.9. The average molecular weight is 504 g/mol. The van der Waals surface area contributed by atoms with Crippen LogP contribution in [-0.4, -0.2) is 74.9 Å². The summed E-state index contributed by atoms with van der Waals surface area (Å²) in [5, 5.41) is 9.80. The van der Waals surface area contributed by atoms with Crippen LogP contribution in [0.5, 0.6) is 11.5 Å². The number of nitrogens with one attached hydrogen (secondary N) is 1. The molecule has 0 saturated carbocycles. The zero-order valence-electron chi connectivity index (χ0n) is 20.4. The number of carbonyl (C=O) groups is 1. The number of piperazine rings is 1. The summed E-state index contributed by atoms with van der Waals surface area (Å²) in [5.41, 5.74) is 1.99. The van der Waals surface area contributed by atoms with Crippen molar-refractivity contribution in [2.24, 2.45) is 0 Å². The standard InChI is InChI=1S/C25H33N3O6S/c1-25(2,3)19-5-7-20(8-6-19)35(31,32)26-21(16-29)24(30)28-12-10-27(11-13-28)15-18-4-9-22-23(14-18)34-17-33-22/h4-9,14,21,26,29H,10-13,15-17H2,1-3H3. The molecule has 190 valence electrons. The molecule has 35 heavy (non-hydrogen) atoms. The molecular formula is C25H33N3O6S. The van der Waals surface area contributed by atoms with E-state index in [1.807, 2.05) is 39.0 Å². The molecular weight excluding hydrogens is 470 g/mol. The fraction of sp³-hybridized carbons (Fsp3) is 0.480. The maximum atomic E-state index is 13.0. The second-order valence-electron chi connectivity index (χ2n) is 9.92. The van der Waals surface area contributed by atoms with Crippen molar-refractivity contribution in [3.05, 3.63) is 53.6 Å². The fourth-order valence-corrected chi connectivity index (χ4v) is 5.38. The summed E-state index contributed by atoms with van der Waals surface area (Å²) in [6.45, 7) is 8.63. The van der Waals surface area contributed by atoms with Crippen LogP contribution in [-0.2, 0) is 26.8 Å². The number of carbonyl (C=O) groups excluding carboxylic acids is 1. The molecule has 4 rings (SSSR count). The molecule has 1 atom stereocenters. The lowest BCUT2D eigenvalue weighted by Gasteiger charge is -2.36. The van der Waals surface area contributed by atoms with Gasteiger partial charge in [0, 0.05) is 32.7 Å². The summed E-state index contributed by atoms with van der Waals surface area (Å²) < 4.78 is 38.9. The van der Waals surface area contributed by atoms with E-state index in [-0.39, 0.29) is 17.1 Å². The van der Waals surface area contributed by atoms with Crippen LogP contribution >= 0.6 is 0 Å². The van der Waals surface area contributed by atoms with E-state index in [1.54, 1.807) is 17.0 Å². The number of aliphatic hydroxyl groups excluding tert-OH is 1. The molecule has 2 aliphatic heterocycles. The SMILES string of the molecule is CC(C)(C)c1ccc(S(=O)(=O)NC(CO)C(=O)N2CCN(Cc3ccc4c(c3)OCO4)CC2)cc1. The monoisotopic (exact) mass is 503 g/mol. The first-order chi connectivity index (χ1) is 16.6. The summed E-state index contributed by atoms with van der Waals surface area (Å²) in [7, 11) is -3.96. The number of benzene rings is 2. The minimum Gasteiger partial charge on any atom is -0.454 e. The van der Waals surface area contributed by atoms with Gasteiger partial charge >= 0.3 is 0 Å². The Morgan fingerprint density at radius 3 is 2.31 bits per heavy atom. The molecule has 2 aromatic rings. The van der Waals surface area contributed by atoms with Crippen molar-refractivity contribution in [3.63, 3.8) is 0 Å². The second-order valence-corrected chi connectivity index (χ2v) is 11.6. The average Bonchev–Trinajstić information content (AvgIpc) is 3.30. The molecule has 1 unspecified atom stereocenters. The Balaban J connectivity index is 1.33. The highest BCUT2D eigenvalue weighted by Gasteiger charge is 2.31. The van der Waals surface area contributed by atoms with Crippen molar-refractivity contribution in [1.29, 1.82) is 0 Å². The normalized spacial score (nSPS) is 17.4. The van der Waals surface area contributed by atoms with Gasteiger partial charge in [-0.2, -0.15) is 4.72 Å². The minimum atomic E-state index is -3.96. The van der Waals surface area contributed by atoms with Crippen molar-refractivity contribution in [3.8, 4) is 11.5 Å². The number of hydrogen-bond donors (Lipinski definition) is 2. The lowest BCUT2D eigenvalue weighted by molar-refractivity contribution is -0.135. The highest BCUT2D eigenvalue weighted by molar-refractivity contribution is 7.89. The van der Waals surface area contributed by atoms with Crippen LogP contribution < -0.4 is 14.2 Å². The van der Waals surface area contributed by atoms with Gasteiger partial charge in [-0.15, -0.1) is 0 Å². The predicted octanol–water partition coefficient (Wildman–Crippen LogP) is 1.70. The number of ether oxygens (including phenoxy) is 2. The third-order valence-electron chi connectivity index (χ3n) is 6.34. The molecule has 0 aromatic heterocycles. The van der Waals surface area contributed by atoms with Gasteiger partial charge in [-0.05, 0) is 40.8 Å². The highest BCUT2D eigenvalue weighted by Crippen LogP contribution is 2.33. The number of aliphatic hydroxyl groups is 1. The topological polar surface area (TPSA) is 108 Å². The van der Waals surface area contributed by atoms with Crippen LogP contribution in [0.4, 0.5) is 0 Å². The summed E-state index contributed by atoms with van der Waals surface area (Å²) in [6, 6.07) is 11.2. The molecule has 10 heteroatoms. The lowest BCUT2D eigenvalue weighted by Crippen LogP contribution is -2.55. The summed E-state index contributed by atoms with van der Waals surface area (Å²) in [6.07, 6.45) is 0. The summed E-state index contributed by atoms with van der Waals surface area (Å²) >= 11 is 0. The molecule has 2 heterocycles. The number of amides is 1. The van der Waals surface area contributed by atoms with E-state index >= 15 is 0 Å². The van der Waals surface area contributed by atoms with E-state index < -0.39 is 28.6 Å². The van der Waals surface area contributed by atoms with Crippen LogP contribution in [0.25, 0.3) is 0 Å². The number of fused-ring (bicyclic) bond motifs is 1. The Hall–Kier alpha value is -2.66. The molecule has 2 aromatic carbocycles. The maximum absolute atomic E-state index is 13.0. The molecule has 9 nitrogen and oxygen atoms in total. The van der Waals surface area contributed by atoms with Gasteiger partial charge in [0.2, 0.25) is 22.7 Å². The number of hydrogen-bond acceptors (Lipinski definition) is 7. The minimum absolute atomic E-state index is 0.0605. The molecule has 1 saturated heterocycles. The number of nitrogens with zero attached hydrogens (tertiary/aromatic N) is 2.